The summed E-state index contributed by atoms with van der Waals surface area (Å²) in [6, 6.07) is 47.0. The van der Waals surface area contributed by atoms with Gasteiger partial charge in [-0.15, -0.1) is 0 Å². The molecule has 5 aromatic rings. The van der Waals surface area contributed by atoms with Crippen molar-refractivity contribution in [3.63, 3.8) is 0 Å². The minimum Gasteiger partial charge on any atom is -0.453 e. The molecule has 0 amide bonds. The molecule has 9 nitrogen and oxygen atoms in total. The highest BCUT2D eigenvalue weighted by Gasteiger charge is 2.52. The Hall–Kier alpha value is -4.68. The van der Waals surface area contributed by atoms with E-state index in [9.17, 15) is 13.2 Å². The molecule has 0 radical (unpaired) electrons. The van der Waals surface area contributed by atoms with Crippen molar-refractivity contribution in [2.24, 2.45) is 0 Å². The molecule has 0 saturated carbocycles. The highest BCUT2D eigenvalue weighted by Crippen LogP contribution is 2.42. The molecule has 0 unspecified atom stereocenters. The van der Waals surface area contributed by atoms with Gasteiger partial charge < -0.3 is 23.7 Å². The molecule has 0 bridgehead atoms. The second-order valence-electron chi connectivity index (χ2n) is 12.1. The predicted octanol–water partition coefficient (Wildman–Crippen LogP) is 6.52. The van der Waals surface area contributed by atoms with E-state index in [1.165, 1.54) is 7.11 Å². The Labute approximate surface area is 298 Å². The third kappa shape index (κ3) is 8.62. The molecule has 1 fully saturated rings. The number of ether oxygens (including phenoxy) is 5. The minimum absolute atomic E-state index is 0.0972. The summed E-state index contributed by atoms with van der Waals surface area (Å²) in [6.45, 7) is -0.108. The van der Waals surface area contributed by atoms with Crippen molar-refractivity contribution in [2.45, 2.75) is 42.9 Å². The number of hydrogen-bond acceptors (Lipinski definition) is 9. The maximum absolute atomic E-state index is 13.6. The van der Waals surface area contributed by atoms with Gasteiger partial charge in [-0.3, -0.25) is 4.18 Å². The summed E-state index contributed by atoms with van der Waals surface area (Å²) < 4.78 is 63.3. The first kappa shape index (κ1) is 36.1. The van der Waals surface area contributed by atoms with Crippen LogP contribution in [-0.4, -0.2) is 65.1 Å². The van der Waals surface area contributed by atoms with Crippen molar-refractivity contribution >= 4 is 16.1 Å². The molecule has 1 heterocycles. The lowest BCUT2D eigenvalue weighted by Gasteiger charge is -2.45. The molecular weight excluding hydrogens is 669 g/mol. The topological polar surface area (TPSA) is 107 Å². The Bertz CT molecular complexity index is 1830. The van der Waals surface area contributed by atoms with Gasteiger partial charge in [-0.25, -0.2) is 4.79 Å². The lowest BCUT2D eigenvalue weighted by atomic mass is 9.80. The van der Waals surface area contributed by atoms with Crippen LogP contribution in [0.15, 0.2) is 152 Å². The SMILES string of the molecule is CO[C@H]1O[C@H](COC(c2ccccc2)(c2ccccc2)c2ccccc2)[C@@H](OS(C)(=O)=O)[C@H](OC(=O)c2ccccc2)[C@H]1OCc1ccccc1. The molecule has 10 heteroatoms. The summed E-state index contributed by atoms with van der Waals surface area (Å²) in [5.74, 6) is -0.695. The smallest absolute Gasteiger partial charge is 0.338 e. The van der Waals surface area contributed by atoms with Gasteiger partial charge in [-0.05, 0) is 34.4 Å². The van der Waals surface area contributed by atoms with E-state index in [-0.39, 0.29) is 18.8 Å². The monoisotopic (exact) mass is 708 g/mol. The van der Waals surface area contributed by atoms with E-state index in [0.29, 0.717) is 0 Å². The van der Waals surface area contributed by atoms with E-state index in [4.69, 9.17) is 27.9 Å². The van der Waals surface area contributed by atoms with Crippen molar-refractivity contribution in [1.82, 2.24) is 0 Å². The summed E-state index contributed by atoms with van der Waals surface area (Å²) in [7, 11) is -2.70. The van der Waals surface area contributed by atoms with Crippen molar-refractivity contribution in [3.8, 4) is 0 Å². The normalized spacial score (nSPS) is 20.8. The fraction of sp³-hybridized carbons (Fsp3) is 0.244. The largest absolute Gasteiger partial charge is 0.453 e. The maximum atomic E-state index is 13.6. The summed E-state index contributed by atoms with van der Waals surface area (Å²) in [5, 5.41) is 0. The molecule has 1 aliphatic rings. The first-order valence-corrected chi connectivity index (χ1v) is 18.4. The van der Waals surface area contributed by atoms with Crippen LogP contribution in [0, 0.1) is 0 Å². The van der Waals surface area contributed by atoms with Crippen LogP contribution >= 0.6 is 0 Å². The molecule has 0 aliphatic carbocycles. The van der Waals surface area contributed by atoms with Gasteiger partial charge in [0.1, 0.15) is 23.9 Å². The average molecular weight is 709 g/mol. The number of carbonyl (C=O) groups excluding carboxylic acids is 1. The highest BCUT2D eigenvalue weighted by molar-refractivity contribution is 7.86. The Kier molecular flexibility index (Phi) is 11.7. The van der Waals surface area contributed by atoms with Gasteiger partial charge in [-0.1, -0.05) is 140 Å². The van der Waals surface area contributed by atoms with Crippen molar-refractivity contribution < 1.29 is 41.1 Å². The number of esters is 1. The first-order valence-electron chi connectivity index (χ1n) is 16.6. The summed E-state index contributed by atoms with van der Waals surface area (Å²) in [4.78, 5) is 13.6. The zero-order valence-corrected chi connectivity index (χ0v) is 29.1. The Morgan fingerprint density at radius 3 is 1.61 bits per heavy atom. The Balaban J connectivity index is 1.42. The van der Waals surface area contributed by atoms with Gasteiger partial charge in [0.15, 0.2) is 12.4 Å². The third-order valence-corrected chi connectivity index (χ3v) is 9.22. The highest BCUT2D eigenvalue weighted by atomic mass is 32.2. The van der Waals surface area contributed by atoms with Crippen LogP contribution in [0.2, 0.25) is 0 Å². The molecule has 51 heavy (non-hydrogen) atoms. The molecule has 1 aliphatic heterocycles. The lowest BCUT2D eigenvalue weighted by Crippen LogP contribution is -2.62. The second-order valence-corrected chi connectivity index (χ2v) is 13.7. The van der Waals surface area contributed by atoms with Gasteiger partial charge in [0.25, 0.3) is 10.1 Å². The Morgan fingerprint density at radius 2 is 1.14 bits per heavy atom. The minimum atomic E-state index is -4.14. The maximum Gasteiger partial charge on any atom is 0.338 e. The van der Waals surface area contributed by atoms with Crippen LogP contribution in [0.5, 0.6) is 0 Å². The molecule has 0 aromatic heterocycles. The van der Waals surface area contributed by atoms with E-state index in [1.54, 1.807) is 30.3 Å². The van der Waals surface area contributed by atoms with Crippen LogP contribution in [-0.2, 0) is 50.2 Å². The molecule has 1 saturated heterocycles. The van der Waals surface area contributed by atoms with E-state index >= 15 is 0 Å². The standard InChI is InChI=1S/C41H40O9S/c1-45-40-38(46-28-30-18-8-3-9-19-30)37(49-39(42)31-20-10-4-11-21-31)36(50-51(2,43)44)35(48-40)29-47-41(32-22-12-5-13-23-32,33-24-14-6-15-25-33)34-26-16-7-17-27-34/h3-27,35-38,40H,28-29H2,1-2H3/t35-,36-,37+,38-,40+/m1/s1. The first-order chi connectivity index (χ1) is 24.8. The zero-order chi connectivity index (χ0) is 35.7. The number of hydrogen-bond donors (Lipinski definition) is 0. The molecule has 6 rings (SSSR count). The van der Waals surface area contributed by atoms with E-state index in [2.05, 4.69) is 0 Å². The molecule has 0 N–H and O–H groups in total. The fourth-order valence-electron chi connectivity index (χ4n) is 6.34. The lowest BCUT2D eigenvalue weighted by molar-refractivity contribution is -0.304. The number of rotatable bonds is 14. The average Bonchev–Trinajstić information content (AvgIpc) is 3.17. The fourth-order valence-corrected chi connectivity index (χ4v) is 6.98. The number of benzene rings is 5. The number of carbonyl (C=O) groups is 1. The van der Waals surface area contributed by atoms with Gasteiger partial charge in [0.05, 0.1) is 25.0 Å². The molecule has 5 atom stereocenters. The van der Waals surface area contributed by atoms with Gasteiger partial charge in [0, 0.05) is 7.11 Å². The molecular formula is C41H40O9S. The molecule has 5 aromatic carbocycles. The van der Waals surface area contributed by atoms with E-state index in [0.717, 1.165) is 28.5 Å². The van der Waals surface area contributed by atoms with Gasteiger partial charge >= 0.3 is 5.97 Å². The zero-order valence-electron chi connectivity index (χ0n) is 28.3. The van der Waals surface area contributed by atoms with E-state index in [1.807, 2.05) is 121 Å². The summed E-state index contributed by atoms with van der Waals surface area (Å²) >= 11 is 0. The van der Waals surface area contributed by atoms with Crippen LogP contribution in [0.25, 0.3) is 0 Å². The van der Waals surface area contributed by atoms with Crippen molar-refractivity contribution in [3.05, 3.63) is 179 Å². The van der Waals surface area contributed by atoms with Crippen molar-refractivity contribution in [1.29, 1.82) is 0 Å². The quantitative estimate of drug-likeness (QED) is 0.0724. The Morgan fingerprint density at radius 1 is 0.667 bits per heavy atom. The van der Waals surface area contributed by atoms with Crippen molar-refractivity contribution in [2.75, 3.05) is 20.0 Å². The predicted molar refractivity (Wildman–Crippen MR) is 191 cm³/mol. The van der Waals surface area contributed by atoms with Crippen LogP contribution in [0.3, 0.4) is 0 Å². The summed E-state index contributed by atoms with van der Waals surface area (Å²) in [6.07, 6.45) is -5.07. The number of methoxy groups -OCH3 is 1. The van der Waals surface area contributed by atoms with Crippen LogP contribution in [0.1, 0.15) is 32.6 Å². The second kappa shape index (κ2) is 16.6. The van der Waals surface area contributed by atoms with Gasteiger partial charge in [0.2, 0.25) is 0 Å². The van der Waals surface area contributed by atoms with Crippen LogP contribution < -0.4 is 0 Å². The summed E-state index contributed by atoms with van der Waals surface area (Å²) in [5.41, 5.74) is 2.43. The third-order valence-electron chi connectivity index (χ3n) is 8.65. The van der Waals surface area contributed by atoms with Gasteiger partial charge in [-0.2, -0.15) is 8.42 Å². The van der Waals surface area contributed by atoms with Crippen LogP contribution in [0.4, 0.5) is 0 Å². The molecule has 0 spiro atoms. The molecule has 264 valence electrons. The van der Waals surface area contributed by atoms with E-state index < -0.39 is 52.4 Å².